The molecular weight excluding hydrogens is 952 g/mol. The summed E-state index contributed by atoms with van der Waals surface area (Å²) in [6.45, 7) is 4.65. The number of rotatable bonds is 58. The van der Waals surface area contributed by atoms with E-state index in [-0.39, 0.29) is 25.9 Å². The number of allylic oxidation sites excluding steroid dienone is 6. The lowest BCUT2D eigenvalue weighted by Crippen LogP contribution is -2.30. The van der Waals surface area contributed by atoms with Crippen molar-refractivity contribution in [1.82, 2.24) is 0 Å². The predicted molar refractivity (Wildman–Crippen MR) is 307 cm³/mol. The first-order chi connectivity index (χ1) is 36.2. The molecule has 3 atom stereocenters. The summed E-state index contributed by atoms with van der Waals surface area (Å²) in [4.78, 5) is 48.6. The second-order valence-electron chi connectivity index (χ2n) is 20.9. The third kappa shape index (κ3) is 54.5. The zero-order chi connectivity index (χ0) is 54.1. The first-order valence-electron chi connectivity index (χ1n) is 30.9. The maximum Gasteiger partial charge on any atom is 0.472 e. The fourth-order valence-corrected chi connectivity index (χ4v) is 9.58. The molecule has 0 saturated heterocycles. The average molecular weight is 1070 g/mol. The van der Waals surface area contributed by atoms with Crippen molar-refractivity contribution in [3.8, 4) is 0 Å². The Kier molecular flexibility index (Phi) is 55.1. The van der Waals surface area contributed by atoms with E-state index in [1.54, 1.807) is 0 Å². The summed E-state index contributed by atoms with van der Waals surface area (Å²) in [6, 6.07) is 0. The van der Waals surface area contributed by atoms with E-state index in [1.807, 2.05) is 0 Å². The molecule has 74 heavy (non-hydrogen) atoms. The summed E-state index contributed by atoms with van der Waals surface area (Å²) in [5.74, 6) is -1.45. The van der Waals surface area contributed by atoms with E-state index in [4.69, 9.17) is 23.3 Å². The van der Waals surface area contributed by atoms with E-state index < -0.39 is 57.8 Å². The van der Waals surface area contributed by atoms with Crippen molar-refractivity contribution in [2.45, 2.75) is 315 Å². The molecule has 0 aromatic heterocycles. The number of aliphatic hydroxyl groups is 1. The Hall–Kier alpha value is -2.30. The molecule has 12 heteroatoms. The maximum atomic E-state index is 12.9. The molecule has 0 aliphatic heterocycles. The molecule has 0 aliphatic carbocycles. The van der Waals surface area contributed by atoms with Crippen LogP contribution in [0.4, 0.5) is 0 Å². The molecule has 0 radical (unpaired) electrons. The number of hydrogen-bond acceptors (Lipinski definition) is 10. The van der Waals surface area contributed by atoms with Gasteiger partial charge in [0.2, 0.25) is 0 Å². The summed E-state index contributed by atoms with van der Waals surface area (Å²) >= 11 is 0. The van der Waals surface area contributed by atoms with Crippen molar-refractivity contribution in [2.24, 2.45) is 0 Å². The minimum atomic E-state index is -4.75. The third-order valence-electron chi connectivity index (χ3n) is 13.5. The van der Waals surface area contributed by atoms with Crippen LogP contribution in [0.15, 0.2) is 36.5 Å². The van der Waals surface area contributed by atoms with Crippen LogP contribution < -0.4 is 0 Å². The number of hydrogen-bond donors (Lipinski definition) is 2. The van der Waals surface area contributed by atoms with Gasteiger partial charge in [-0.15, -0.1) is 0 Å². The summed E-state index contributed by atoms with van der Waals surface area (Å²) in [6.07, 6.45) is 59.5. The largest absolute Gasteiger partial charge is 0.472 e. The molecule has 0 aromatic carbocycles. The van der Waals surface area contributed by atoms with Crippen LogP contribution >= 0.6 is 7.82 Å². The molecule has 0 spiro atoms. The highest BCUT2D eigenvalue weighted by atomic mass is 31.2. The fourth-order valence-electron chi connectivity index (χ4n) is 8.79. The smallest absolute Gasteiger partial charge is 0.462 e. The zero-order valence-corrected chi connectivity index (χ0v) is 49.0. The van der Waals surface area contributed by atoms with E-state index in [1.165, 1.54) is 154 Å². The minimum absolute atomic E-state index is 0.166. The van der Waals surface area contributed by atoms with Crippen LogP contribution in [-0.4, -0.2) is 66.5 Å². The van der Waals surface area contributed by atoms with Gasteiger partial charge >= 0.3 is 25.7 Å². The van der Waals surface area contributed by atoms with E-state index in [0.29, 0.717) is 19.3 Å². The molecule has 0 saturated carbocycles. The molecule has 3 unspecified atom stereocenters. The Bertz CT molecular complexity index is 1380. The van der Waals surface area contributed by atoms with Crippen LogP contribution in [0.25, 0.3) is 0 Å². The van der Waals surface area contributed by atoms with Crippen LogP contribution in [0.5, 0.6) is 0 Å². The van der Waals surface area contributed by atoms with Crippen molar-refractivity contribution < 1.29 is 52.2 Å². The van der Waals surface area contributed by atoms with Crippen LogP contribution in [0, 0.1) is 0 Å². The van der Waals surface area contributed by atoms with Gasteiger partial charge in [-0.1, -0.05) is 243 Å². The number of esters is 3. The normalized spacial score (nSPS) is 13.5. The monoisotopic (exact) mass is 1070 g/mol. The second-order valence-corrected chi connectivity index (χ2v) is 22.3. The van der Waals surface area contributed by atoms with Gasteiger partial charge in [0.15, 0.2) is 6.10 Å². The Morgan fingerprint density at radius 2 is 0.662 bits per heavy atom. The molecule has 2 N–H and O–H groups in total. The Labute approximate surface area is 454 Å². The molecule has 0 rings (SSSR count). The van der Waals surface area contributed by atoms with Gasteiger partial charge < -0.3 is 24.2 Å². The fraction of sp³-hybridized carbons (Fsp3) is 0.855. The zero-order valence-electron chi connectivity index (χ0n) is 48.1. The molecule has 0 aromatic rings. The lowest BCUT2D eigenvalue weighted by atomic mass is 10.0. The molecule has 0 aliphatic rings. The van der Waals surface area contributed by atoms with Gasteiger partial charge in [-0.05, 0) is 77.0 Å². The number of phosphoric acid groups is 1. The highest BCUT2D eigenvalue weighted by Crippen LogP contribution is 2.43. The highest BCUT2D eigenvalue weighted by molar-refractivity contribution is 7.47. The van der Waals surface area contributed by atoms with E-state index in [2.05, 4.69) is 57.2 Å². The molecule has 0 amide bonds. The standard InChI is InChI=1S/C62H115O11P/c1-4-7-10-13-16-19-22-25-27-28-29-30-32-35-38-41-44-47-50-53-62(66)73-59(55-69-60(64)51-48-45-42-39-36-33-24-21-18-15-12-9-6-3)57-71-74(67,68)70-56-58(54-63)72-61(65)52-49-46-43-40-37-34-31-26-23-20-17-14-11-8-5-2/h16,19,25-27,31,58-59,63H,4-15,17-18,20-24,28-30,32-57H2,1-3H3,(H,67,68)/b19-16-,27-25-,31-26-. The van der Waals surface area contributed by atoms with Crippen molar-refractivity contribution >= 4 is 25.7 Å². The van der Waals surface area contributed by atoms with Gasteiger partial charge in [0, 0.05) is 19.3 Å². The van der Waals surface area contributed by atoms with Crippen LogP contribution in [0.1, 0.15) is 303 Å². The lowest BCUT2D eigenvalue weighted by Gasteiger charge is -2.21. The summed E-state index contributed by atoms with van der Waals surface area (Å²) < 4.78 is 39.6. The van der Waals surface area contributed by atoms with Crippen molar-refractivity contribution in [1.29, 1.82) is 0 Å². The molecule has 0 fully saturated rings. The lowest BCUT2D eigenvalue weighted by molar-refractivity contribution is -0.161. The van der Waals surface area contributed by atoms with Crippen LogP contribution in [0.3, 0.4) is 0 Å². The number of carbonyl (C=O) groups excluding carboxylic acids is 3. The highest BCUT2D eigenvalue weighted by Gasteiger charge is 2.28. The summed E-state index contributed by atoms with van der Waals surface area (Å²) in [5, 5.41) is 9.83. The number of phosphoric ester groups is 1. The van der Waals surface area contributed by atoms with Crippen LogP contribution in [-0.2, 0) is 42.2 Å². The van der Waals surface area contributed by atoms with Crippen LogP contribution in [0.2, 0.25) is 0 Å². The average Bonchev–Trinajstić information content (AvgIpc) is 3.39. The van der Waals surface area contributed by atoms with Gasteiger partial charge in [-0.2, -0.15) is 0 Å². The Balaban J connectivity index is 4.67. The van der Waals surface area contributed by atoms with Crippen molar-refractivity contribution in [3.63, 3.8) is 0 Å². The summed E-state index contributed by atoms with van der Waals surface area (Å²) in [7, 11) is -4.75. The molecular formula is C62H115O11P. The maximum absolute atomic E-state index is 12.9. The van der Waals surface area contributed by atoms with Gasteiger partial charge in [-0.3, -0.25) is 23.4 Å². The molecule has 11 nitrogen and oxygen atoms in total. The molecule has 0 bridgehead atoms. The Morgan fingerprint density at radius 3 is 1.04 bits per heavy atom. The van der Waals surface area contributed by atoms with Crippen molar-refractivity contribution in [3.05, 3.63) is 36.5 Å². The van der Waals surface area contributed by atoms with Gasteiger partial charge in [0.25, 0.3) is 0 Å². The Morgan fingerprint density at radius 1 is 0.378 bits per heavy atom. The van der Waals surface area contributed by atoms with Gasteiger partial charge in [-0.25, -0.2) is 4.57 Å². The first-order valence-corrected chi connectivity index (χ1v) is 32.4. The van der Waals surface area contributed by atoms with Gasteiger partial charge in [0.05, 0.1) is 19.8 Å². The minimum Gasteiger partial charge on any atom is -0.462 e. The summed E-state index contributed by atoms with van der Waals surface area (Å²) in [5.41, 5.74) is 0. The number of carbonyl (C=O) groups is 3. The molecule has 0 heterocycles. The third-order valence-corrected chi connectivity index (χ3v) is 14.5. The van der Waals surface area contributed by atoms with Crippen molar-refractivity contribution in [2.75, 3.05) is 26.4 Å². The predicted octanol–water partition coefficient (Wildman–Crippen LogP) is 18.4. The topological polar surface area (TPSA) is 155 Å². The number of unbranched alkanes of at least 4 members (excludes halogenated alkanes) is 35. The number of ether oxygens (including phenoxy) is 3. The van der Waals surface area contributed by atoms with E-state index >= 15 is 0 Å². The second kappa shape index (κ2) is 56.9. The SMILES string of the molecule is CCCCC/C=C\C/C=C\CCCCCCCCCCCC(=O)OC(COC(=O)CCCCCCCCCCCCCCC)COP(=O)(O)OCC(CO)OC(=O)CCCCCCC/C=C\CCCCCCCC. The molecule has 434 valence electrons. The number of aliphatic hydroxyl groups excluding tert-OH is 1. The van der Waals surface area contributed by atoms with E-state index in [9.17, 15) is 28.9 Å². The quantitative estimate of drug-likeness (QED) is 0.0197. The van der Waals surface area contributed by atoms with Gasteiger partial charge in [0.1, 0.15) is 12.7 Å². The van der Waals surface area contributed by atoms with E-state index in [0.717, 1.165) is 89.9 Å². The first kappa shape index (κ1) is 71.7.